The van der Waals surface area contributed by atoms with Crippen LogP contribution in [-0.4, -0.2) is 66.6 Å². The summed E-state index contributed by atoms with van der Waals surface area (Å²) < 4.78 is 13.2. The first-order valence-electron chi connectivity index (χ1n) is 8.25. The van der Waals surface area contributed by atoms with Crippen LogP contribution in [0.25, 0.3) is 0 Å². The lowest BCUT2D eigenvalue weighted by Crippen LogP contribution is -3.12. The molecule has 24 heavy (non-hydrogen) atoms. The van der Waals surface area contributed by atoms with Gasteiger partial charge in [-0.1, -0.05) is 12.1 Å². The SMILES string of the molecule is C[C@H](C(=O)N1CC[NH+](C)CC1)N1C(=O)CS[C@H]1c1ccc(F)cc1. The molecule has 0 bridgehead atoms. The second-order valence-corrected chi connectivity index (χ2v) is 7.54. The van der Waals surface area contributed by atoms with Gasteiger partial charge in [0.15, 0.2) is 0 Å². The van der Waals surface area contributed by atoms with E-state index in [0.717, 1.165) is 31.7 Å². The topological polar surface area (TPSA) is 45.1 Å². The summed E-state index contributed by atoms with van der Waals surface area (Å²) in [6, 6.07) is 5.67. The van der Waals surface area contributed by atoms with Gasteiger partial charge in [0.2, 0.25) is 11.8 Å². The molecule has 0 spiro atoms. The van der Waals surface area contributed by atoms with Crippen LogP contribution in [0.4, 0.5) is 4.39 Å². The summed E-state index contributed by atoms with van der Waals surface area (Å²) in [5, 5.41) is -0.227. The number of likely N-dealkylation sites (N-methyl/N-ethyl adjacent to an activating group) is 1. The minimum atomic E-state index is -0.499. The maximum Gasteiger partial charge on any atom is 0.245 e. The molecule has 0 unspecified atom stereocenters. The van der Waals surface area contributed by atoms with Gasteiger partial charge in [-0.2, -0.15) is 0 Å². The van der Waals surface area contributed by atoms with Crippen molar-refractivity contribution in [2.75, 3.05) is 39.0 Å². The lowest BCUT2D eigenvalue weighted by molar-refractivity contribution is -0.883. The van der Waals surface area contributed by atoms with Crippen LogP contribution in [0.3, 0.4) is 0 Å². The number of nitrogens with one attached hydrogen (secondary N) is 1. The van der Waals surface area contributed by atoms with E-state index in [-0.39, 0.29) is 23.0 Å². The summed E-state index contributed by atoms with van der Waals surface area (Å²) in [5.41, 5.74) is 0.856. The van der Waals surface area contributed by atoms with Gasteiger partial charge in [-0.05, 0) is 24.6 Å². The normalized spacial score (nSPS) is 23.6. The Hall–Kier alpha value is -1.60. The number of rotatable bonds is 3. The van der Waals surface area contributed by atoms with Gasteiger partial charge in [0, 0.05) is 0 Å². The largest absolute Gasteiger partial charge is 0.334 e. The summed E-state index contributed by atoms with van der Waals surface area (Å²) in [4.78, 5) is 30.1. The Balaban J connectivity index is 1.75. The van der Waals surface area contributed by atoms with Gasteiger partial charge in [0.1, 0.15) is 17.2 Å². The Bertz CT molecular complexity index is 617. The highest BCUT2D eigenvalue weighted by atomic mass is 32.2. The number of quaternary nitrogens is 1. The van der Waals surface area contributed by atoms with Crippen LogP contribution in [0.2, 0.25) is 0 Å². The first kappa shape index (κ1) is 17.2. The number of piperazine rings is 1. The van der Waals surface area contributed by atoms with Crippen LogP contribution in [0.1, 0.15) is 17.9 Å². The molecule has 1 N–H and O–H groups in total. The molecule has 2 aliphatic heterocycles. The van der Waals surface area contributed by atoms with E-state index in [1.807, 2.05) is 4.90 Å². The Morgan fingerprint density at radius 1 is 1.29 bits per heavy atom. The quantitative estimate of drug-likeness (QED) is 0.842. The molecule has 0 aliphatic carbocycles. The van der Waals surface area contributed by atoms with Crippen LogP contribution in [0, 0.1) is 5.82 Å². The Labute approximate surface area is 145 Å². The number of amides is 2. The third kappa shape index (κ3) is 3.42. The molecule has 0 saturated carbocycles. The van der Waals surface area contributed by atoms with Crippen molar-refractivity contribution < 1.29 is 18.9 Å². The average molecular weight is 352 g/mol. The molecular weight excluding hydrogens is 329 g/mol. The molecule has 2 atom stereocenters. The van der Waals surface area contributed by atoms with Gasteiger partial charge in [-0.15, -0.1) is 11.8 Å². The number of nitrogens with zero attached hydrogens (tertiary/aromatic N) is 2. The van der Waals surface area contributed by atoms with E-state index in [2.05, 4.69) is 7.05 Å². The van der Waals surface area contributed by atoms with Gasteiger partial charge in [-0.3, -0.25) is 9.59 Å². The number of thioether (sulfide) groups is 1. The van der Waals surface area contributed by atoms with Gasteiger partial charge in [0.25, 0.3) is 0 Å². The van der Waals surface area contributed by atoms with E-state index in [9.17, 15) is 14.0 Å². The third-order valence-electron chi connectivity index (χ3n) is 4.76. The average Bonchev–Trinajstić information content (AvgIpc) is 2.96. The smallest absolute Gasteiger partial charge is 0.245 e. The number of carbonyl (C=O) groups is 2. The van der Waals surface area contributed by atoms with Crippen LogP contribution in [-0.2, 0) is 9.59 Å². The fraction of sp³-hybridized carbons (Fsp3) is 0.529. The minimum absolute atomic E-state index is 0.00506. The van der Waals surface area contributed by atoms with Crippen molar-refractivity contribution in [3.8, 4) is 0 Å². The maximum atomic E-state index is 13.2. The van der Waals surface area contributed by atoms with E-state index in [1.165, 1.54) is 28.8 Å². The first-order chi connectivity index (χ1) is 11.5. The standard InChI is InChI=1S/C17H22FN3O2S/c1-12(16(23)20-9-7-19(2)8-10-20)21-15(22)11-24-17(21)13-3-5-14(18)6-4-13/h3-6,12,17H,7-11H2,1-2H3/p+1/t12-,17+/m1/s1. The molecule has 2 amide bonds. The van der Waals surface area contributed by atoms with Gasteiger partial charge >= 0.3 is 0 Å². The summed E-state index contributed by atoms with van der Waals surface area (Å²) in [6.45, 7) is 5.12. The van der Waals surface area contributed by atoms with Crippen molar-refractivity contribution in [2.45, 2.75) is 18.3 Å². The lowest BCUT2D eigenvalue weighted by Gasteiger charge is -2.36. The fourth-order valence-corrected chi connectivity index (χ4v) is 4.49. The number of hydrogen-bond acceptors (Lipinski definition) is 3. The molecule has 130 valence electrons. The van der Waals surface area contributed by atoms with Gasteiger partial charge in [-0.25, -0.2) is 4.39 Å². The number of halogens is 1. The lowest BCUT2D eigenvalue weighted by atomic mass is 10.1. The fourth-order valence-electron chi connectivity index (χ4n) is 3.23. The summed E-state index contributed by atoms with van der Waals surface area (Å²) >= 11 is 1.49. The van der Waals surface area contributed by atoms with Crippen LogP contribution >= 0.6 is 11.8 Å². The molecule has 2 aliphatic rings. The highest BCUT2D eigenvalue weighted by molar-refractivity contribution is 8.00. The second-order valence-electron chi connectivity index (χ2n) is 6.47. The molecule has 2 fully saturated rings. The zero-order valence-corrected chi connectivity index (χ0v) is 14.8. The minimum Gasteiger partial charge on any atom is -0.334 e. The predicted octanol–water partition coefficient (Wildman–Crippen LogP) is 0.145. The van der Waals surface area contributed by atoms with Crippen molar-refractivity contribution >= 4 is 23.6 Å². The highest BCUT2D eigenvalue weighted by Crippen LogP contribution is 2.40. The van der Waals surface area contributed by atoms with E-state index >= 15 is 0 Å². The predicted molar refractivity (Wildman–Crippen MR) is 91.1 cm³/mol. The molecule has 1 aromatic carbocycles. The Morgan fingerprint density at radius 2 is 1.92 bits per heavy atom. The molecule has 7 heteroatoms. The molecule has 2 saturated heterocycles. The van der Waals surface area contributed by atoms with Crippen LogP contribution < -0.4 is 4.90 Å². The van der Waals surface area contributed by atoms with Gasteiger partial charge in [0.05, 0.1) is 39.0 Å². The molecule has 0 radical (unpaired) electrons. The number of benzene rings is 1. The van der Waals surface area contributed by atoms with Gasteiger partial charge < -0.3 is 14.7 Å². The van der Waals surface area contributed by atoms with Crippen molar-refractivity contribution in [3.05, 3.63) is 35.6 Å². The molecule has 5 nitrogen and oxygen atoms in total. The van der Waals surface area contributed by atoms with Crippen LogP contribution in [0.15, 0.2) is 24.3 Å². The van der Waals surface area contributed by atoms with Crippen molar-refractivity contribution in [1.29, 1.82) is 0 Å². The monoisotopic (exact) mass is 352 g/mol. The molecule has 2 heterocycles. The van der Waals surface area contributed by atoms with Crippen molar-refractivity contribution in [1.82, 2.24) is 9.80 Å². The zero-order valence-electron chi connectivity index (χ0n) is 14.0. The summed E-state index contributed by atoms with van der Waals surface area (Å²) in [5.74, 6) is 0.0242. The molecule has 0 aromatic heterocycles. The van der Waals surface area contributed by atoms with Crippen molar-refractivity contribution in [2.24, 2.45) is 0 Å². The molecular formula is C17H23FN3O2S+. The maximum absolute atomic E-state index is 13.2. The highest BCUT2D eigenvalue weighted by Gasteiger charge is 2.40. The summed E-state index contributed by atoms with van der Waals surface area (Å²) in [6.07, 6.45) is 0. The van der Waals surface area contributed by atoms with E-state index in [1.54, 1.807) is 24.0 Å². The molecule has 1 aromatic rings. The van der Waals surface area contributed by atoms with Crippen molar-refractivity contribution in [3.63, 3.8) is 0 Å². The van der Waals surface area contributed by atoms with Crippen LogP contribution in [0.5, 0.6) is 0 Å². The van der Waals surface area contributed by atoms with E-state index in [0.29, 0.717) is 5.75 Å². The van der Waals surface area contributed by atoms with E-state index < -0.39 is 6.04 Å². The Morgan fingerprint density at radius 3 is 2.54 bits per heavy atom. The number of carbonyl (C=O) groups excluding carboxylic acids is 2. The van der Waals surface area contributed by atoms with E-state index in [4.69, 9.17) is 0 Å². The first-order valence-corrected chi connectivity index (χ1v) is 9.30. The summed E-state index contributed by atoms with van der Waals surface area (Å²) in [7, 11) is 2.12. The second kappa shape index (κ2) is 7.11. The Kier molecular flexibility index (Phi) is 5.10. The molecule has 3 rings (SSSR count). The zero-order chi connectivity index (χ0) is 17.3. The third-order valence-corrected chi connectivity index (χ3v) is 5.99. The number of hydrogen-bond donors (Lipinski definition) is 1.